The van der Waals surface area contributed by atoms with E-state index in [-0.39, 0.29) is 5.56 Å². The van der Waals surface area contributed by atoms with Crippen LogP contribution < -0.4 is 10.3 Å². The molecule has 0 amide bonds. The van der Waals surface area contributed by atoms with Crippen LogP contribution >= 0.6 is 0 Å². The molecular formula is C13H14N2O2. The van der Waals surface area contributed by atoms with Crippen LogP contribution in [0.3, 0.4) is 0 Å². The maximum Gasteiger partial charge on any atom is 0.254 e. The summed E-state index contributed by atoms with van der Waals surface area (Å²) in [6, 6.07) is 8.97. The molecule has 1 N–H and O–H groups in total. The van der Waals surface area contributed by atoms with E-state index in [1.54, 1.807) is 0 Å². The Labute approximate surface area is 99.3 Å². The third-order valence-corrected chi connectivity index (χ3v) is 2.41. The van der Waals surface area contributed by atoms with Gasteiger partial charge in [0.05, 0.1) is 6.07 Å². The number of benzene rings is 1. The Balaban J connectivity index is 2.33. The zero-order valence-corrected chi connectivity index (χ0v) is 9.86. The van der Waals surface area contributed by atoms with Gasteiger partial charge in [0.2, 0.25) is 5.88 Å². The SMILES string of the molecule is CCc1nc(Oc2ccccc2C)cc(=O)[nH]1. The van der Waals surface area contributed by atoms with Crippen LogP contribution in [-0.4, -0.2) is 9.97 Å². The van der Waals surface area contributed by atoms with Gasteiger partial charge in [-0.05, 0) is 18.6 Å². The standard InChI is InChI=1S/C13H14N2O2/c1-3-11-14-12(16)8-13(15-11)17-10-7-5-4-6-9(10)2/h4-8H,3H2,1-2H3,(H,14,15,16). The Morgan fingerprint density at radius 3 is 2.82 bits per heavy atom. The molecule has 4 nitrogen and oxygen atoms in total. The van der Waals surface area contributed by atoms with Gasteiger partial charge in [0.15, 0.2) is 0 Å². The Morgan fingerprint density at radius 1 is 1.35 bits per heavy atom. The van der Waals surface area contributed by atoms with E-state index < -0.39 is 0 Å². The maximum atomic E-state index is 11.4. The normalized spacial score (nSPS) is 10.2. The maximum absolute atomic E-state index is 11.4. The summed E-state index contributed by atoms with van der Waals surface area (Å²) in [5.74, 6) is 1.67. The molecule has 1 heterocycles. The highest BCUT2D eigenvalue weighted by Gasteiger charge is 2.04. The van der Waals surface area contributed by atoms with Crippen LogP contribution in [0.5, 0.6) is 11.6 Å². The minimum atomic E-state index is -0.194. The lowest BCUT2D eigenvalue weighted by Gasteiger charge is -2.07. The van der Waals surface area contributed by atoms with Crippen LogP contribution in [0, 0.1) is 6.92 Å². The number of para-hydroxylation sites is 1. The average Bonchev–Trinajstić information content (AvgIpc) is 2.31. The van der Waals surface area contributed by atoms with Crippen molar-refractivity contribution in [1.29, 1.82) is 0 Å². The number of aromatic amines is 1. The first-order valence-corrected chi connectivity index (χ1v) is 5.52. The summed E-state index contributed by atoms with van der Waals surface area (Å²) in [5, 5.41) is 0. The summed E-state index contributed by atoms with van der Waals surface area (Å²) in [4.78, 5) is 18.2. The zero-order chi connectivity index (χ0) is 12.3. The first-order chi connectivity index (χ1) is 8.19. The van der Waals surface area contributed by atoms with Crippen LogP contribution in [0.2, 0.25) is 0 Å². The fourth-order valence-electron chi connectivity index (χ4n) is 1.49. The van der Waals surface area contributed by atoms with E-state index in [1.807, 2.05) is 38.1 Å². The van der Waals surface area contributed by atoms with Crippen LogP contribution in [0.25, 0.3) is 0 Å². The Bertz CT molecular complexity index is 576. The molecule has 2 rings (SSSR count). The predicted molar refractivity (Wildman–Crippen MR) is 65.5 cm³/mol. The molecule has 0 radical (unpaired) electrons. The molecule has 88 valence electrons. The average molecular weight is 230 g/mol. The number of nitrogens with zero attached hydrogens (tertiary/aromatic N) is 1. The van der Waals surface area contributed by atoms with Gasteiger partial charge in [-0.1, -0.05) is 25.1 Å². The second kappa shape index (κ2) is 4.82. The van der Waals surface area contributed by atoms with Crippen molar-refractivity contribution in [3.8, 4) is 11.6 Å². The van der Waals surface area contributed by atoms with Crippen molar-refractivity contribution >= 4 is 0 Å². The second-order valence-corrected chi connectivity index (χ2v) is 3.75. The van der Waals surface area contributed by atoms with Crippen molar-refractivity contribution in [2.75, 3.05) is 0 Å². The minimum absolute atomic E-state index is 0.194. The van der Waals surface area contributed by atoms with Gasteiger partial charge in [-0.2, -0.15) is 4.98 Å². The second-order valence-electron chi connectivity index (χ2n) is 3.75. The number of rotatable bonds is 3. The van der Waals surface area contributed by atoms with Gasteiger partial charge in [0.1, 0.15) is 11.6 Å². The van der Waals surface area contributed by atoms with Gasteiger partial charge in [0, 0.05) is 6.42 Å². The van der Waals surface area contributed by atoms with E-state index in [0.29, 0.717) is 23.9 Å². The first kappa shape index (κ1) is 11.4. The Hall–Kier alpha value is -2.10. The van der Waals surface area contributed by atoms with Crippen molar-refractivity contribution in [2.45, 2.75) is 20.3 Å². The quantitative estimate of drug-likeness (QED) is 0.881. The highest BCUT2D eigenvalue weighted by molar-refractivity contribution is 5.34. The monoisotopic (exact) mass is 230 g/mol. The summed E-state index contributed by atoms with van der Waals surface area (Å²) >= 11 is 0. The van der Waals surface area contributed by atoms with Crippen LogP contribution in [0.1, 0.15) is 18.3 Å². The summed E-state index contributed by atoms with van der Waals surface area (Å²) in [6.45, 7) is 3.87. The van der Waals surface area contributed by atoms with E-state index in [1.165, 1.54) is 6.07 Å². The first-order valence-electron chi connectivity index (χ1n) is 5.52. The molecule has 0 bridgehead atoms. The van der Waals surface area contributed by atoms with Gasteiger partial charge < -0.3 is 9.72 Å². The zero-order valence-electron chi connectivity index (χ0n) is 9.86. The van der Waals surface area contributed by atoms with Gasteiger partial charge >= 0.3 is 0 Å². The van der Waals surface area contributed by atoms with E-state index >= 15 is 0 Å². The lowest BCUT2D eigenvalue weighted by molar-refractivity contribution is 0.454. The van der Waals surface area contributed by atoms with Crippen molar-refractivity contribution < 1.29 is 4.74 Å². The number of hydrogen-bond donors (Lipinski definition) is 1. The van der Waals surface area contributed by atoms with E-state index in [2.05, 4.69) is 9.97 Å². The van der Waals surface area contributed by atoms with Crippen molar-refractivity contribution in [2.24, 2.45) is 0 Å². The van der Waals surface area contributed by atoms with Gasteiger partial charge in [-0.25, -0.2) is 0 Å². The molecule has 0 aliphatic carbocycles. The Morgan fingerprint density at radius 2 is 2.12 bits per heavy atom. The van der Waals surface area contributed by atoms with Crippen LogP contribution in [-0.2, 0) is 6.42 Å². The number of aryl methyl sites for hydroxylation is 2. The molecule has 0 atom stereocenters. The van der Waals surface area contributed by atoms with Crippen LogP contribution in [0.4, 0.5) is 0 Å². The molecular weight excluding hydrogens is 216 g/mol. The summed E-state index contributed by atoms with van der Waals surface area (Å²) in [6.07, 6.45) is 0.667. The van der Waals surface area contributed by atoms with Gasteiger partial charge in [-0.15, -0.1) is 0 Å². The highest BCUT2D eigenvalue weighted by atomic mass is 16.5. The lowest BCUT2D eigenvalue weighted by atomic mass is 10.2. The number of hydrogen-bond acceptors (Lipinski definition) is 3. The molecule has 0 aliphatic heterocycles. The number of ether oxygens (including phenoxy) is 1. The number of aromatic nitrogens is 2. The molecule has 0 saturated carbocycles. The molecule has 4 heteroatoms. The molecule has 2 aromatic rings. The molecule has 1 aromatic heterocycles. The third-order valence-electron chi connectivity index (χ3n) is 2.41. The highest BCUT2D eigenvalue weighted by Crippen LogP contribution is 2.21. The topological polar surface area (TPSA) is 55.0 Å². The number of H-pyrrole nitrogens is 1. The van der Waals surface area contributed by atoms with Crippen molar-refractivity contribution in [3.05, 3.63) is 52.1 Å². The summed E-state index contributed by atoms with van der Waals surface area (Å²) in [5.41, 5.74) is 0.813. The molecule has 0 aliphatic rings. The van der Waals surface area contributed by atoms with E-state index in [9.17, 15) is 4.79 Å². The van der Waals surface area contributed by atoms with Gasteiger partial charge in [-0.3, -0.25) is 4.79 Å². The molecule has 17 heavy (non-hydrogen) atoms. The van der Waals surface area contributed by atoms with E-state index in [4.69, 9.17) is 4.74 Å². The molecule has 0 unspecified atom stereocenters. The Kier molecular flexibility index (Phi) is 3.23. The lowest BCUT2D eigenvalue weighted by Crippen LogP contribution is -2.10. The summed E-state index contributed by atoms with van der Waals surface area (Å²) in [7, 11) is 0. The summed E-state index contributed by atoms with van der Waals surface area (Å²) < 4.78 is 5.60. The smallest absolute Gasteiger partial charge is 0.254 e. The molecule has 0 fully saturated rings. The van der Waals surface area contributed by atoms with Gasteiger partial charge in [0.25, 0.3) is 5.56 Å². The van der Waals surface area contributed by atoms with E-state index in [0.717, 1.165) is 5.56 Å². The van der Waals surface area contributed by atoms with Crippen molar-refractivity contribution in [1.82, 2.24) is 9.97 Å². The molecule has 0 spiro atoms. The third kappa shape index (κ3) is 2.72. The van der Waals surface area contributed by atoms with Crippen molar-refractivity contribution in [3.63, 3.8) is 0 Å². The molecule has 0 saturated heterocycles. The fourth-order valence-corrected chi connectivity index (χ4v) is 1.49. The largest absolute Gasteiger partial charge is 0.438 e. The predicted octanol–water partition coefficient (Wildman–Crippen LogP) is 2.43. The van der Waals surface area contributed by atoms with Crippen LogP contribution in [0.15, 0.2) is 35.1 Å². The molecule has 1 aromatic carbocycles. The fraction of sp³-hybridized carbons (Fsp3) is 0.231. The number of nitrogens with one attached hydrogen (secondary N) is 1. The minimum Gasteiger partial charge on any atom is -0.438 e.